The Morgan fingerprint density at radius 1 is 1.08 bits per heavy atom. The molecule has 26 heavy (non-hydrogen) atoms. The van der Waals surface area contributed by atoms with E-state index in [2.05, 4.69) is 16.5 Å². The predicted molar refractivity (Wildman–Crippen MR) is 105 cm³/mol. The van der Waals surface area contributed by atoms with Crippen LogP contribution in [0.1, 0.15) is 103 Å². The lowest BCUT2D eigenvalue weighted by molar-refractivity contribution is 0.102. The van der Waals surface area contributed by atoms with Gasteiger partial charge in [-0.2, -0.15) is 0 Å². The minimum Gasteiger partial charge on any atom is -0.338 e. The Bertz CT molecular complexity index is 752. The van der Waals surface area contributed by atoms with E-state index in [1.165, 1.54) is 69.1 Å². The Morgan fingerprint density at radius 2 is 1.73 bits per heavy atom. The van der Waals surface area contributed by atoms with Gasteiger partial charge >= 0.3 is 0 Å². The molecular weight excluding hydrogens is 344 g/mol. The molecule has 0 atom stereocenters. The number of nitrogens with zero attached hydrogens (tertiary/aromatic N) is 1. The molecule has 2 fully saturated rings. The van der Waals surface area contributed by atoms with E-state index < -0.39 is 0 Å². The molecule has 1 amide bonds. The van der Waals surface area contributed by atoms with Gasteiger partial charge in [-0.1, -0.05) is 43.7 Å². The van der Waals surface area contributed by atoms with Gasteiger partial charge in [0.15, 0.2) is 0 Å². The summed E-state index contributed by atoms with van der Waals surface area (Å²) in [6, 6.07) is 2.07. The number of thiophene rings is 1. The molecule has 4 rings (SSSR count). The van der Waals surface area contributed by atoms with Crippen molar-refractivity contribution in [3.05, 3.63) is 33.1 Å². The highest BCUT2D eigenvalue weighted by atomic mass is 32.1. The van der Waals surface area contributed by atoms with E-state index in [4.69, 9.17) is 4.52 Å². The summed E-state index contributed by atoms with van der Waals surface area (Å²) in [6.45, 7) is 2.01. The molecule has 0 spiro atoms. The summed E-state index contributed by atoms with van der Waals surface area (Å²) in [7, 11) is 0. The largest absolute Gasteiger partial charge is 0.338 e. The van der Waals surface area contributed by atoms with E-state index in [1.54, 1.807) is 11.3 Å². The second-order valence-corrected chi connectivity index (χ2v) is 8.83. The molecule has 2 aliphatic rings. The average Bonchev–Trinajstić information content (AvgIpc) is 3.31. The Hall–Kier alpha value is -1.62. The van der Waals surface area contributed by atoms with Crippen LogP contribution in [0, 0.1) is 6.92 Å². The number of rotatable bonds is 4. The zero-order valence-electron chi connectivity index (χ0n) is 15.6. The molecule has 2 aromatic heterocycles. The van der Waals surface area contributed by atoms with Crippen molar-refractivity contribution in [3.63, 3.8) is 0 Å². The second-order valence-electron chi connectivity index (χ2n) is 7.88. The van der Waals surface area contributed by atoms with Crippen molar-refractivity contribution < 1.29 is 9.32 Å². The molecule has 4 nitrogen and oxygen atoms in total. The fraction of sp³-hybridized carbons (Fsp3) is 0.619. The molecule has 5 heteroatoms. The summed E-state index contributed by atoms with van der Waals surface area (Å²) < 4.78 is 5.49. The van der Waals surface area contributed by atoms with Crippen LogP contribution >= 0.6 is 11.3 Å². The number of amides is 1. The van der Waals surface area contributed by atoms with Gasteiger partial charge in [-0.05, 0) is 44.6 Å². The summed E-state index contributed by atoms with van der Waals surface area (Å²) in [6.07, 6.45) is 12.7. The lowest BCUT2D eigenvalue weighted by Gasteiger charge is -2.19. The van der Waals surface area contributed by atoms with Crippen molar-refractivity contribution in [2.75, 3.05) is 5.32 Å². The first-order valence-electron chi connectivity index (χ1n) is 10.1. The number of carbonyl (C=O) groups is 1. The standard InChI is InChI=1S/C21H28N2O2S/c1-14-19(16-10-6-3-7-11-16)23-25-21(14)22-20(24)17-12-18(26-13-17)15-8-4-2-5-9-15/h12-13,15-16H,2-11H2,1H3,(H,22,24). The lowest BCUT2D eigenvalue weighted by atomic mass is 9.86. The highest BCUT2D eigenvalue weighted by Crippen LogP contribution is 2.37. The van der Waals surface area contributed by atoms with Crippen molar-refractivity contribution >= 4 is 23.1 Å². The molecule has 0 aromatic carbocycles. The van der Waals surface area contributed by atoms with Gasteiger partial charge < -0.3 is 4.52 Å². The zero-order valence-corrected chi connectivity index (χ0v) is 16.4. The minimum atomic E-state index is -0.0854. The molecular formula is C21H28N2O2S. The second kappa shape index (κ2) is 7.95. The number of hydrogen-bond donors (Lipinski definition) is 1. The normalized spacial score (nSPS) is 19.6. The van der Waals surface area contributed by atoms with E-state index in [0.717, 1.165) is 16.8 Å². The third kappa shape index (κ3) is 3.73. The molecule has 0 unspecified atom stereocenters. The summed E-state index contributed by atoms with van der Waals surface area (Å²) in [5.74, 6) is 1.55. The Labute approximate surface area is 159 Å². The van der Waals surface area contributed by atoms with E-state index in [0.29, 0.717) is 17.7 Å². The molecule has 0 saturated heterocycles. The Balaban J connectivity index is 1.43. The topological polar surface area (TPSA) is 55.1 Å². The number of carbonyl (C=O) groups excluding carboxylic acids is 1. The van der Waals surface area contributed by atoms with E-state index >= 15 is 0 Å². The SMILES string of the molecule is Cc1c(C2CCCCC2)noc1NC(=O)c1csc(C2CCCCC2)c1. The summed E-state index contributed by atoms with van der Waals surface area (Å²) in [5, 5.41) is 9.20. The van der Waals surface area contributed by atoms with Gasteiger partial charge in [0, 0.05) is 21.7 Å². The van der Waals surface area contributed by atoms with Crippen LogP contribution in [0.5, 0.6) is 0 Å². The predicted octanol–water partition coefficient (Wildman–Crippen LogP) is 6.39. The quantitative estimate of drug-likeness (QED) is 0.676. The zero-order chi connectivity index (χ0) is 17.9. The molecule has 2 aliphatic carbocycles. The first-order chi connectivity index (χ1) is 12.7. The van der Waals surface area contributed by atoms with Crippen molar-refractivity contribution in [1.82, 2.24) is 5.16 Å². The number of nitrogens with one attached hydrogen (secondary N) is 1. The van der Waals surface area contributed by atoms with Gasteiger partial charge in [-0.25, -0.2) is 0 Å². The summed E-state index contributed by atoms with van der Waals surface area (Å²) in [5.41, 5.74) is 2.77. The van der Waals surface area contributed by atoms with Crippen molar-refractivity contribution in [1.29, 1.82) is 0 Å². The number of anilines is 1. The van der Waals surface area contributed by atoms with Crippen LogP contribution in [0.2, 0.25) is 0 Å². The van der Waals surface area contributed by atoms with Crippen molar-refractivity contribution in [3.8, 4) is 0 Å². The molecule has 140 valence electrons. The fourth-order valence-electron chi connectivity index (χ4n) is 4.47. The maximum Gasteiger partial charge on any atom is 0.258 e. The van der Waals surface area contributed by atoms with Gasteiger partial charge in [0.1, 0.15) is 0 Å². The third-order valence-corrected chi connectivity index (χ3v) is 7.16. The summed E-state index contributed by atoms with van der Waals surface area (Å²) in [4.78, 5) is 14.0. The van der Waals surface area contributed by atoms with Gasteiger partial charge in [0.2, 0.25) is 5.88 Å². The van der Waals surface area contributed by atoms with Gasteiger partial charge in [0.05, 0.1) is 11.3 Å². The molecule has 0 bridgehead atoms. The number of hydrogen-bond acceptors (Lipinski definition) is 4. The average molecular weight is 373 g/mol. The van der Waals surface area contributed by atoms with Gasteiger partial charge in [-0.15, -0.1) is 11.3 Å². The maximum atomic E-state index is 12.7. The molecule has 2 aromatic rings. The van der Waals surface area contributed by atoms with Gasteiger partial charge in [-0.3, -0.25) is 10.1 Å². The third-order valence-electron chi connectivity index (χ3n) is 6.07. The molecule has 0 aliphatic heterocycles. The molecule has 2 saturated carbocycles. The first kappa shape index (κ1) is 17.8. The number of aromatic nitrogens is 1. The maximum absolute atomic E-state index is 12.7. The van der Waals surface area contributed by atoms with Crippen LogP contribution in [0.25, 0.3) is 0 Å². The van der Waals surface area contributed by atoms with Crippen LogP contribution in [0.4, 0.5) is 5.88 Å². The van der Waals surface area contributed by atoms with Crippen LogP contribution in [-0.4, -0.2) is 11.1 Å². The molecule has 0 radical (unpaired) electrons. The first-order valence-corrected chi connectivity index (χ1v) is 11.0. The van der Waals surface area contributed by atoms with Crippen molar-refractivity contribution in [2.45, 2.75) is 83.0 Å². The molecule has 2 heterocycles. The summed E-state index contributed by atoms with van der Waals surface area (Å²) >= 11 is 1.72. The smallest absolute Gasteiger partial charge is 0.258 e. The monoisotopic (exact) mass is 372 g/mol. The van der Waals surface area contributed by atoms with E-state index in [9.17, 15) is 4.79 Å². The molecule has 1 N–H and O–H groups in total. The highest BCUT2D eigenvalue weighted by Gasteiger charge is 2.25. The van der Waals surface area contributed by atoms with Crippen LogP contribution < -0.4 is 5.32 Å². The van der Waals surface area contributed by atoms with Gasteiger partial charge in [0.25, 0.3) is 5.91 Å². The van der Waals surface area contributed by atoms with Crippen LogP contribution in [0.3, 0.4) is 0 Å². The van der Waals surface area contributed by atoms with E-state index in [-0.39, 0.29) is 5.91 Å². The fourth-order valence-corrected chi connectivity index (χ4v) is 5.53. The van der Waals surface area contributed by atoms with Crippen LogP contribution in [-0.2, 0) is 0 Å². The highest BCUT2D eigenvalue weighted by molar-refractivity contribution is 7.10. The Kier molecular flexibility index (Phi) is 5.44. The van der Waals surface area contributed by atoms with E-state index in [1.807, 2.05) is 12.3 Å². The lowest BCUT2D eigenvalue weighted by Crippen LogP contribution is -2.12. The Morgan fingerprint density at radius 3 is 2.42 bits per heavy atom. The van der Waals surface area contributed by atoms with Crippen molar-refractivity contribution in [2.24, 2.45) is 0 Å². The van der Waals surface area contributed by atoms with Crippen LogP contribution in [0.15, 0.2) is 16.0 Å². The minimum absolute atomic E-state index is 0.0854.